The van der Waals surface area contributed by atoms with Crippen molar-refractivity contribution in [2.24, 2.45) is 5.92 Å². The number of carbonyl (C=O) groups is 2. The summed E-state index contributed by atoms with van der Waals surface area (Å²) in [7, 11) is -3.99. The Hall–Kier alpha value is -3.11. The van der Waals surface area contributed by atoms with Crippen molar-refractivity contribution in [3.63, 3.8) is 0 Å². The van der Waals surface area contributed by atoms with Gasteiger partial charge < -0.3 is 20.7 Å². The number of carbonyl (C=O) groups excluding carboxylic acids is 2. The van der Waals surface area contributed by atoms with Gasteiger partial charge in [-0.25, -0.2) is 8.42 Å². The zero-order chi connectivity index (χ0) is 27.1. The Balaban J connectivity index is 1.40. The van der Waals surface area contributed by atoms with Crippen molar-refractivity contribution in [3.05, 3.63) is 82.3 Å². The first-order chi connectivity index (χ1) is 18.2. The fourth-order valence-corrected chi connectivity index (χ4v) is 5.84. The number of rotatable bonds is 9. The first-order valence-corrected chi connectivity index (χ1v) is 14.3. The number of nitrogens with one attached hydrogen (secondary N) is 3. The number of ether oxygens (including phenoxy) is 1. The highest BCUT2D eigenvalue weighted by Crippen LogP contribution is 2.36. The molecule has 0 unspecified atom stereocenters. The quantitative estimate of drug-likeness (QED) is 0.347. The van der Waals surface area contributed by atoms with Gasteiger partial charge in [0, 0.05) is 17.1 Å². The van der Waals surface area contributed by atoms with Crippen LogP contribution in [0.2, 0.25) is 10.0 Å². The number of amides is 2. The molecular formula is C27H27Cl2N3O5S. The van der Waals surface area contributed by atoms with Gasteiger partial charge in [0.15, 0.2) is 0 Å². The Labute approximate surface area is 231 Å². The van der Waals surface area contributed by atoms with Crippen molar-refractivity contribution >= 4 is 44.9 Å². The molecule has 1 saturated heterocycles. The summed E-state index contributed by atoms with van der Waals surface area (Å²) < 4.78 is 32.6. The SMILES string of the molecule is O=C(CNC(=O)c1ccc(S(=O)(=O)c2ccccc2Oc2ccc(Cl)cc2Cl)cc1)NCC1CCNCC1. The lowest BCUT2D eigenvalue weighted by Crippen LogP contribution is -2.40. The zero-order valence-corrected chi connectivity index (χ0v) is 22.7. The monoisotopic (exact) mass is 575 g/mol. The predicted octanol–water partition coefficient (Wildman–Crippen LogP) is 4.46. The molecule has 2 amide bonds. The molecule has 3 aromatic carbocycles. The van der Waals surface area contributed by atoms with E-state index in [0.29, 0.717) is 17.5 Å². The van der Waals surface area contributed by atoms with Crippen molar-refractivity contribution in [2.45, 2.75) is 22.6 Å². The highest BCUT2D eigenvalue weighted by atomic mass is 35.5. The maximum atomic E-state index is 13.4. The first kappa shape index (κ1) is 27.9. The molecule has 200 valence electrons. The molecule has 1 heterocycles. The van der Waals surface area contributed by atoms with E-state index in [-0.39, 0.29) is 44.3 Å². The number of piperidine rings is 1. The van der Waals surface area contributed by atoms with Crippen LogP contribution in [0.1, 0.15) is 23.2 Å². The maximum Gasteiger partial charge on any atom is 0.251 e. The number of hydrogen-bond acceptors (Lipinski definition) is 6. The van der Waals surface area contributed by atoms with Crippen LogP contribution >= 0.6 is 23.2 Å². The molecule has 3 N–H and O–H groups in total. The van der Waals surface area contributed by atoms with Crippen molar-refractivity contribution in [1.29, 1.82) is 0 Å². The van der Waals surface area contributed by atoms with E-state index in [1.165, 1.54) is 42.5 Å². The van der Waals surface area contributed by atoms with Crippen molar-refractivity contribution in [1.82, 2.24) is 16.0 Å². The van der Waals surface area contributed by atoms with Crippen LogP contribution in [0, 0.1) is 5.92 Å². The molecule has 0 atom stereocenters. The summed E-state index contributed by atoms with van der Waals surface area (Å²) in [6.07, 6.45) is 2.01. The lowest BCUT2D eigenvalue weighted by atomic mass is 9.98. The minimum Gasteiger partial charge on any atom is -0.454 e. The molecule has 0 radical (unpaired) electrons. The van der Waals surface area contributed by atoms with E-state index in [1.807, 2.05) is 0 Å². The molecule has 0 aliphatic carbocycles. The average Bonchev–Trinajstić information content (AvgIpc) is 2.93. The third-order valence-electron chi connectivity index (χ3n) is 6.14. The molecule has 0 bridgehead atoms. The fraction of sp³-hybridized carbons (Fsp3) is 0.259. The molecule has 0 aromatic heterocycles. The summed E-state index contributed by atoms with van der Waals surface area (Å²) in [6.45, 7) is 2.30. The summed E-state index contributed by atoms with van der Waals surface area (Å²) in [5.41, 5.74) is 0.229. The average molecular weight is 577 g/mol. The standard InChI is InChI=1S/C27H27Cl2N3O5S/c28-20-7-10-23(22(29)15-20)37-24-3-1-2-4-25(24)38(35,36)21-8-5-19(6-9-21)27(34)32-17-26(33)31-16-18-11-13-30-14-12-18/h1-10,15,18,30H,11-14,16-17H2,(H,31,33)(H,32,34). The molecule has 38 heavy (non-hydrogen) atoms. The minimum absolute atomic E-state index is 0.0213. The van der Waals surface area contributed by atoms with Crippen LogP contribution in [0.15, 0.2) is 76.5 Å². The van der Waals surface area contributed by atoms with Gasteiger partial charge in [0.1, 0.15) is 16.4 Å². The Bertz CT molecular complexity index is 1410. The summed E-state index contributed by atoms with van der Waals surface area (Å²) in [5, 5.41) is 9.35. The number of benzene rings is 3. The van der Waals surface area contributed by atoms with Crippen LogP contribution in [-0.2, 0) is 14.6 Å². The summed E-state index contributed by atoms with van der Waals surface area (Å²) in [5.74, 6) is 0.0317. The number of para-hydroxylation sites is 1. The van der Waals surface area contributed by atoms with E-state index in [2.05, 4.69) is 16.0 Å². The van der Waals surface area contributed by atoms with Crippen LogP contribution in [-0.4, -0.2) is 46.4 Å². The molecular weight excluding hydrogens is 549 g/mol. The second-order valence-corrected chi connectivity index (χ2v) is 11.6. The van der Waals surface area contributed by atoms with Gasteiger partial charge in [-0.05, 0) is 86.4 Å². The molecule has 11 heteroatoms. The van der Waals surface area contributed by atoms with Crippen LogP contribution in [0.5, 0.6) is 11.5 Å². The zero-order valence-electron chi connectivity index (χ0n) is 20.4. The number of sulfone groups is 1. The summed E-state index contributed by atoms with van der Waals surface area (Å²) in [4.78, 5) is 24.5. The van der Waals surface area contributed by atoms with Gasteiger partial charge in [-0.2, -0.15) is 0 Å². The van der Waals surface area contributed by atoms with Crippen LogP contribution < -0.4 is 20.7 Å². The summed E-state index contributed by atoms with van der Waals surface area (Å²) in [6, 6.07) is 16.3. The van der Waals surface area contributed by atoms with Crippen molar-refractivity contribution < 1.29 is 22.7 Å². The molecule has 0 spiro atoms. The van der Waals surface area contributed by atoms with E-state index < -0.39 is 15.7 Å². The first-order valence-electron chi connectivity index (χ1n) is 12.1. The third kappa shape index (κ3) is 7.05. The molecule has 1 aliphatic rings. The lowest BCUT2D eigenvalue weighted by molar-refractivity contribution is -0.120. The van der Waals surface area contributed by atoms with Crippen LogP contribution in [0.3, 0.4) is 0 Å². The highest BCUT2D eigenvalue weighted by molar-refractivity contribution is 7.91. The molecule has 0 saturated carbocycles. The summed E-state index contributed by atoms with van der Waals surface area (Å²) >= 11 is 12.1. The fourth-order valence-electron chi connectivity index (χ4n) is 4.01. The normalized spacial score (nSPS) is 14.1. The highest BCUT2D eigenvalue weighted by Gasteiger charge is 2.23. The predicted molar refractivity (Wildman–Crippen MR) is 146 cm³/mol. The van der Waals surface area contributed by atoms with Gasteiger partial charge >= 0.3 is 0 Å². The van der Waals surface area contributed by atoms with Crippen LogP contribution in [0.4, 0.5) is 0 Å². The van der Waals surface area contributed by atoms with Gasteiger partial charge in [-0.1, -0.05) is 35.3 Å². The van der Waals surface area contributed by atoms with E-state index in [9.17, 15) is 18.0 Å². The third-order valence-corrected chi connectivity index (χ3v) is 8.47. The second-order valence-electron chi connectivity index (χ2n) is 8.83. The van der Waals surface area contributed by atoms with Gasteiger partial charge in [0.2, 0.25) is 15.7 Å². The van der Waals surface area contributed by atoms with Gasteiger partial charge in [-0.15, -0.1) is 0 Å². The Morgan fingerprint density at radius 1 is 0.921 bits per heavy atom. The number of halogens is 2. The molecule has 4 rings (SSSR count). The molecule has 1 fully saturated rings. The van der Waals surface area contributed by atoms with E-state index in [1.54, 1.807) is 24.3 Å². The Morgan fingerprint density at radius 3 is 2.34 bits per heavy atom. The topological polar surface area (TPSA) is 114 Å². The van der Waals surface area contributed by atoms with Gasteiger partial charge in [-0.3, -0.25) is 9.59 Å². The smallest absolute Gasteiger partial charge is 0.251 e. The van der Waals surface area contributed by atoms with E-state index >= 15 is 0 Å². The minimum atomic E-state index is -3.99. The van der Waals surface area contributed by atoms with E-state index in [0.717, 1.165) is 25.9 Å². The van der Waals surface area contributed by atoms with Crippen molar-refractivity contribution in [2.75, 3.05) is 26.2 Å². The second kappa shape index (κ2) is 12.6. The number of hydrogen-bond donors (Lipinski definition) is 3. The Morgan fingerprint density at radius 2 is 1.63 bits per heavy atom. The maximum absolute atomic E-state index is 13.4. The van der Waals surface area contributed by atoms with Crippen molar-refractivity contribution in [3.8, 4) is 11.5 Å². The molecule has 3 aromatic rings. The van der Waals surface area contributed by atoms with E-state index in [4.69, 9.17) is 27.9 Å². The molecule has 1 aliphatic heterocycles. The van der Waals surface area contributed by atoms with Gasteiger partial charge in [0.25, 0.3) is 5.91 Å². The molecule has 8 nitrogen and oxygen atoms in total. The lowest BCUT2D eigenvalue weighted by Gasteiger charge is -2.22. The van der Waals surface area contributed by atoms with Gasteiger partial charge in [0.05, 0.1) is 16.5 Å². The Kier molecular flexibility index (Phi) is 9.27. The largest absolute Gasteiger partial charge is 0.454 e. The van der Waals surface area contributed by atoms with Crippen LogP contribution in [0.25, 0.3) is 0 Å².